The third-order valence-electron chi connectivity index (χ3n) is 5.30. The smallest absolute Gasteiger partial charge is 0.332 e. The number of aliphatic carboxylic acids is 1. The molecular formula is C21H30O4. The van der Waals surface area contributed by atoms with Gasteiger partial charge in [-0.3, -0.25) is 4.79 Å². The number of aliphatic hydroxyl groups excluding tert-OH is 1. The Morgan fingerprint density at radius 3 is 2.80 bits per heavy atom. The van der Waals surface area contributed by atoms with E-state index >= 15 is 0 Å². The van der Waals surface area contributed by atoms with E-state index in [0.717, 1.165) is 18.8 Å². The Morgan fingerprint density at radius 1 is 1.24 bits per heavy atom. The summed E-state index contributed by atoms with van der Waals surface area (Å²) in [6.45, 7) is 0. The first kappa shape index (κ1) is 19.6. The number of aliphatic hydroxyl groups is 1. The lowest BCUT2D eigenvalue weighted by Crippen LogP contribution is -2.18. The molecule has 138 valence electrons. The molecule has 0 radical (unpaired) electrons. The van der Waals surface area contributed by atoms with Gasteiger partial charge in [0, 0.05) is 12.3 Å². The van der Waals surface area contributed by atoms with Gasteiger partial charge in [-0.1, -0.05) is 36.5 Å². The molecule has 1 saturated carbocycles. The number of carboxylic acid groups (broad SMARTS) is 1. The van der Waals surface area contributed by atoms with E-state index in [1.54, 1.807) is 0 Å². The lowest BCUT2D eigenvalue weighted by molar-refractivity contribution is -0.146. The van der Waals surface area contributed by atoms with Crippen molar-refractivity contribution in [1.29, 1.82) is 0 Å². The van der Waals surface area contributed by atoms with E-state index in [1.807, 2.05) is 12.2 Å². The number of carbonyl (C=O) groups excluding carboxylic acids is 1. The molecule has 2 unspecified atom stereocenters. The van der Waals surface area contributed by atoms with Crippen LogP contribution in [0.15, 0.2) is 36.5 Å². The fourth-order valence-corrected chi connectivity index (χ4v) is 3.73. The highest BCUT2D eigenvalue weighted by Crippen LogP contribution is 2.33. The van der Waals surface area contributed by atoms with Gasteiger partial charge >= 0.3 is 5.97 Å². The van der Waals surface area contributed by atoms with Gasteiger partial charge < -0.3 is 10.2 Å². The van der Waals surface area contributed by atoms with Gasteiger partial charge in [0.15, 0.2) is 6.10 Å². The molecule has 1 fully saturated rings. The van der Waals surface area contributed by atoms with E-state index in [9.17, 15) is 14.7 Å². The topological polar surface area (TPSA) is 74.6 Å². The van der Waals surface area contributed by atoms with Gasteiger partial charge in [-0.25, -0.2) is 4.79 Å². The normalized spacial score (nSPS) is 27.7. The number of carboxylic acids is 1. The molecule has 0 amide bonds. The number of rotatable bonds is 10. The van der Waals surface area contributed by atoms with Crippen molar-refractivity contribution in [3.05, 3.63) is 36.5 Å². The summed E-state index contributed by atoms with van der Waals surface area (Å²) < 4.78 is 0. The Balaban J connectivity index is 1.70. The Hall–Kier alpha value is -1.68. The third kappa shape index (κ3) is 6.62. The molecular weight excluding hydrogens is 316 g/mol. The summed E-state index contributed by atoms with van der Waals surface area (Å²) in [6.07, 6.45) is 19.4. The third-order valence-corrected chi connectivity index (χ3v) is 5.30. The standard InChI is InChI=1S/C21H30O4/c22-19-15-14-17(11-7-6-10-16-8-4-5-9-16)18(19)12-2-1-3-13-20(23)21(24)25/h1-2,4,7-8,11,16-18,20,23H,3,5-6,9-10,12-15H2,(H,24,25)/t16?,17-,18+,20?/m0/s1. The zero-order chi connectivity index (χ0) is 18.1. The Morgan fingerprint density at radius 2 is 2.08 bits per heavy atom. The number of hydrogen-bond acceptors (Lipinski definition) is 3. The largest absolute Gasteiger partial charge is 0.479 e. The molecule has 0 aliphatic heterocycles. The van der Waals surface area contributed by atoms with Crippen LogP contribution in [0.1, 0.15) is 57.8 Å². The summed E-state index contributed by atoms with van der Waals surface area (Å²) in [6, 6.07) is 0. The second-order valence-corrected chi connectivity index (χ2v) is 7.18. The van der Waals surface area contributed by atoms with Crippen LogP contribution in [0.4, 0.5) is 0 Å². The van der Waals surface area contributed by atoms with Gasteiger partial charge in [-0.05, 0) is 63.2 Å². The maximum Gasteiger partial charge on any atom is 0.332 e. The van der Waals surface area contributed by atoms with Crippen LogP contribution in [0.2, 0.25) is 0 Å². The van der Waals surface area contributed by atoms with Crippen molar-refractivity contribution in [2.45, 2.75) is 63.9 Å². The summed E-state index contributed by atoms with van der Waals surface area (Å²) >= 11 is 0. The Kier molecular flexibility index (Phi) is 8.13. The molecule has 0 saturated heterocycles. The van der Waals surface area contributed by atoms with Crippen molar-refractivity contribution in [2.75, 3.05) is 0 Å². The van der Waals surface area contributed by atoms with Gasteiger partial charge in [0.1, 0.15) is 5.78 Å². The fraction of sp³-hybridized carbons (Fsp3) is 0.619. The first-order chi connectivity index (χ1) is 12.1. The van der Waals surface area contributed by atoms with Crippen LogP contribution < -0.4 is 0 Å². The minimum Gasteiger partial charge on any atom is -0.479 e. The summed E-state index contributed by atoms with van der Waals surface area (Å²) in [5, 5.41) is 17.8. The summed E-state index contributed by atoms with van der Waals surface area (Å²) in [5.41, 5.74) is 0. The molecule has 2 rings (SSSR count). The van der Waals surface area contributed by atoms with Crippen molar-refractivity contribution in [3.63, 3.8) is 0 Å². The monoisotopic (exact) mass is 346 g/mol. The summed E-state index contributed by atoms with van der Waals surface area (Å²) in [5.74, 6) is 0.278. The molecule has 0 heterocycles. The summed E-state index contributed by atoms with van der Waals surface area (Å²) in [4.78, 5) is 22.6. The predicted molar refractivity (Wildman–Crippen MR) is 98.1 cm³/mol. The fourth-order valence-electron chi connectivity index (χ4n) is 3.73. The molecule has 0 bridgehead atoms. The zero-order valence-corrected chi connectivity index (χ0v) is 14.8. The Labute approximate surface area is 150 Å². The highest BCUT2D eigenvalue weighted by molar-refractivity contribution is 5.83. The van der Waals surface area contributed by atoms with Crippen LogP contribution in [-0.4, -0.2) is 28.1 Å². The van der Waals surface area contributed by atoms with E-state index in [0.29, 0.717) is 31.0 Å². The van der Waals surface area contributed by atoms with Crippen LogP contribution in [-0.2, 0) is 9.59 Å². The summed E-state index contributed by atoms with van der Waals surface area (Å²) in [7, 11) is 0. The lowest BCUT2D eigenvalue weighted by atomic mass is 9.91. The van der Waals surface area contributed by atoms with E-state index in [-0.39, 0.29) is 12.3 Å². The van der Waals surface area contributed by atoms with Crippen LogP contribution >= 0.6 is 0 Å². The van der Waals surface area contributed by atoms with E-state index < -0.39 is 12.1 Å². The minimum absolute atomic E-state index is 0.0586. The molecule has 4 nitrogen and oxygen atoms in total. The lowest BCUT2D eigenvalue weighted by Gasteiger charge is -2.13. The number of allylic oxidation sites excluding steroid dienone is 6. The van der Waals surface area contributed by atoms with Crippen molar-refractivity contribution in [1.82, 2.24) is 0 Å². The molecule has 0 spiro atoms. The van der Waals surface area contributed by atoms with Crippen LogP contribution in [0, 0.1) is 17.8 Å². The number of hydrogen-bond donors (Lipinski definition) is 2. The number of Topliss-reactive ketones (excluding diaryl/α,β-unsaturated/α-hetero) is 1. The van der Waals surface area contributed by atoms with Crippen LogP contribution in [0.5, 0.6) is 0 Å². The second-order valence-electron chi connectivity index (χ2n) is 7.18. The highest BCUT2D eigenvalue weighted by atomic mass is 16.4. The molecule has 2 aliphatic carbocycles. The van der Waals surface area contributed by atoms with Crippen molar-refractivity contribution < 1.29 is 19.8 Å². The van der Waals surface area contributed by atoms with Crippen molar-refractivity contribution >= 4 is 11.8 Å². The average molecular weight is 346 g/mol. The molecule has 0 aromatic rings. The molecule has 0 aromatic carbocycles. The molecule has 2 aliphatic rings. The number of ketones is 1. The SMILES string of the molecule is O=C(O)C(O)CCC=CC[C@H]1C(=O)CC[C@@H]1C=CCCC1C=CCC1. The number of carbonyl (C=O) groups is 2. The van der Waals surface area contributed by atoms with E-state index in [1.165, 1.54) is 19.3 Å². The van der Waals surface area contributed by atoms with Crippen molar-refractivity contribution in [3.8, 4) is 0 Å². The van der Waals surface area contributed by atoms with Crippen molar-refractivity contribution in [2.24, 2.45) is 17.8 Å². The molecule has 4 atom stereocenters. The highest BCUT2D eigenvalue weighted by Gasteiger charge is 2.31. The Bertz CT molecular complexity index is 532. The van der Waals surface area contributed by atoms with Gasteiger partial charge in [0.2, 0.25) is 0 Å². The first-order valence-electron chi connectivity index (χ1n) is 9.50. The van der Waals surface area contributed by atoms with Crippen LogP contribution in [0.3, 0.4) is 0 Å². The van der Waals surface area contributed by atoms with Crippen LogP contribution in [0.25, 0.3) is 0 Å². The van der Waals surface area contributed by atoms with E-state index in [4.69, 9.17) is 5.11 Å². The van der Waals surface area contributed by atoms with E-state index in [2.05, 4.69) is 24.3 Å². The van der Waals surface area contributed by atoms with Gasteiger partial charge in [-0.15, -0.1) is 0 Å². The van der Waals surface area contributed by atoms with Gasteiger partial charge in [0.05, 0.1) is 0 Å². The zero-order valence-electron chi connectivity index (χ0n) is 14.8. The quantitative estimate of drug-likeness (QED) is 0.585. The minimum atomic E-state index is -1.30. The maximum absolute atomic E-state index is 12.1. The first-order valence-corrected chi connectivity index (χ1v) is 9.50. The molecule has 0 aromatic heterocycles. The van der Waals surface area contributed by atoms with Gasteiger partial charge in [0.25, 0.3) is 0 Å². The molecule has 25 heavy (non-hydrogen) atoms. The molecule has 4 heteroatoms. The average Bonchev–Trinajstić information content (AvgIpc) is 3.22. The molecule has 2 N–H and O–H groups in total. The van der Waals surface area contributed by atoms with Gasteiger partial charge in [-0.2, -0.15) is 0 Å². The second kappa shape index (κ2) is 10.3. The maximum atomic E-state index is 12.1. The predicted octanol–water partition coefficient (Wildman–Crippen LogP) is 4.06.